The van der Waals surface area contributed by atoms with E-state index in [2.05, 4.69) is 9.71 Å². The first-order valence-electron chi connectivity index (χ1n) is 6.77. The van der Waals surface area contributed by atoms with E-state index in [-0.39, 0.29) is 9.77 Å². The molecule has 0 saturated heterocycles. The molecule has 1 aliphatic rings. The van der Waals surface area contributed by atoms with Crippen LogP contribution in [0.3, 0.4) is 0 Å². The van der Waals surface area contributed by atoms with Gasteiger partial charge in [-0.25, -0.2) is 18.1 Å². The predicted octanol–water partition coefficient (Wildman–Crippen LogP) is 1.65. The number of nitrogens with zero attached hydrogens (tertiary/aromatic N) is 1. The number of amides is 1. The third kappa shape index (κ3) is 3.15. The zero-order valence-electron chi connectivity index (χ0n) is 12.5. The van der Waals surface area contributed by atoms with E-state index in [0.717, 1.165) is 11.3 Å². The standard InChI is InChI=1S/C14H14N2O5S2/c1-8-13(22-9(2)15-8)14(17)16-23(18,19)10-3-4-11-12(7-10)21-6-5-20-11/h3-4,7H,5-6H2,1-2H3,(H,16,17). The first kappa shape index (κ1) is 15.8. The Morgan fingerprint density at radius 1 is 1.22 bits per heavy atom. The summed E-state index contributed by atoms with van der Waals surface area (Å²) in [6.45, 7) is 4.18. The zero-order valence-corrected chi connectivity index (χ0v) is 14.1. The molecule has 0 aliphatic carbocycles. The molecule has 1 amide bonds. The summed E-state index contributed by atoms with van der Waals surface area (Å²) in [7, 11) is -4.00. The minimum atomic E-state index is -4.00. The quantitative estimate of drug-likeness (QED) is 0.901. The number of rotatable bonds is 3. The Bertz CT molecular complexity index is 873. The summed E-state index contributed by atoms with van der Waals surface area (Å²) in [6, 6.07) is 4.22. The van der Waals surface area contributed by atoms with E-state index in [0.29, 0.717) is 35.4 Å². The Morgan fingerprint density at radius 3 is 2.57 bits per heavy atom. The van der Waals surface area contributed by atoms with Crippen LogP contribution < -0.4 is 14.2 Å². The van der Waals surface area contributed by atoms with Crippen molar-refractivity contribution >= 4 is 27.3 Å². The summed E-state index contributed by atoms with van der Waals surface area (Å²) in [5, 5.41) is 0.698. The number of hydrogen-bond donors (Lipinski definition) is 1. The third-order valence-corrected chi connectivity index (χ3v) is 5.56. The van der Waals surface area contributed by atoms with Crippen LogP contribution in [0.1, 0.15) is 20.4 Å². The minimum Gasteiger partial charge on any atom is -0.486 e. The molecule has 1 N–H and O–H groups in total. The number of sulfonamides is 1. The number of hydrogen-bond acceptors (Lipinski definition) is 7. The largest absolute Gasteiger partial charge is 0.486 e. The highest BCUT2D eigenvalue weighted by Gasteiger charge is 2.24. The molecule has 0 spiro atoms. The molecular formula is C14H14N2O5S2. The normalized spacial score (nSPS) is 13.7. The highest BCUT2D eigenvalue weighted by Crippen LogP contribution is 2.32. The van der Waals surface area contributed by atoms with Gasteiger partial charge in [-0.3, -0.25) is 4.79 Å². The Balaban J connectivity index is 1.87. The van der Waals surface area contributed by atoms with Crippen LogP contribution in [0, 0.1) is 13.8 Å². The zero-order chi connectivity index (χ0) is 16.6. The maximum absolute atomic E-state index is 12.4. The number of benzene rings is 1. The Kier molecular flexibility index (Phi) is 3.99. The number of thiazole rings is 1. The second-order valence-electron chi connectivity index (χ2n) is 4.89. The number of aryl methyl sites for hydroxylation is 2. The summed E-state index contributed by atoms with van der Waals surface area (Å²) >= 11 is 1.15. The van der Waals surface area contributed by atoms with Gasteiger partial charge in [-0.2, -0.15) is 0 Å². The van der Waals surface area contributed by atoms with Crippen LogP contribution in [0.2, 0.25) is 0 Å². The van der Waals surface area contributed by atoms with Gasteiger partial charge in [-0.1, -0.05) is 0 Å². The molecule has 2 aromatic rings. The topological polar surface area (TPSA) is 94.6 Å². The van der Waals surface area contributed by atoms with Crippen LogP contribution in [0.4, 0.5) is 0 Å². The second-order valence-corrected chi connectivity index (χ2v) is 7.77. The lowest BCUT2D eigenvalue weighted by Crippen LogP contribution is -2.30. The smallest absolute Gasteiger partial charge is 0.276 e. The highest BCUT2D eigenvalue weighted by atomic mass is 32.2. The average Bonchev–Trinajstić information content (AvgIpc) is 2.85. The fourth-order valence-electron chi connectivity index (χ4n) is 2.16. The van der Waals surface area contributed by atoms with Crippen molar-refractivity contribution < 1.29 is 22.7 Å². The van der Waals surface area contributed by atoms with Crippen molar-refractivity contribution in [2.75, 3.05) is 13.2 Å². The summed E-state index contributed by atoms with van der Waals surface area (Å²) in [4.78, 5) is 16.5. The average molecular weight is 354 g/mol. The van der Waals surface area contributed by atoms with E-state index in [1.807, 2.05) is 0 Å². The van der Waals surface area contributed by atoms with Crippen LogP contribution in [0.5, 0.6) is 11.5 Å². The molecule has 0 saturated carbocycles. The van der Waals surface area contributed by atoms with Gasteiger partial charge in [0, 0.05) is 6.07 Å². The minimum absolute atomic E-state index is 0.0611. The van der Waals surface area contributed by atoms with Gasteiger partial charge >= 0.3 is 0 Å². The first-order chi connectivity index (χ1) is 10.9. The number of fused-ring (bicyclic) bond motifs is 1. The molecule has 0 atom stereocenters. The summed E-state index contributed by atoms with van der Waals surface area (Å²) < 4.78 is 37.5. The fourth-order valence-corrected chi connectivity index (χ4v) is 4.01. The SMILES string of the molecule is Cc1nc(C)c(C(=O)NS(=O)(=O)c2ccc3c(c2)OCCO3)s1. The molecule has 7 nitrogen and oxygen atoms in total. The molecule has 23 heavy (non-hydrogen) atoms. The van der Waals surface area contributed by atoms with E-state index in [1.54, 1.807) is 13.8 Å². The van der Waals surface area contributed by atoms with Crippen molar-refractivity contribution in [1.29, 1.82) is 0 Å². The van der Waals surface area contributed by atoms with Crippen LogP contribution in [-0.4, -0.2) is 32.5 Å². The van der Waals surface area contributed by atoms with E-state index in [1.165, 1.54) is 18.2 Å². The van der Waals surface area contributed by atoms with Crippen LogP contribution in [-0.2, 0) is 10.0 Å². The molecule has 9 heteroatoms. The first-order valence-corrected chi connectivity index (χ1v) is 9.07. The molecule has 0 radical (unpaired) electrons. The van der Waals surface area contributed by atoms with E-state index in [9.17, 15) is 13.2 Å². The lowest BCUT2D eigenvalue weighted by atomic mass is 10.3. The number of ether oxygens (including phenoxy) is 2. The maximum atomic E-state index is 12.4. The lowest BCUT2D eigenvalue weighted by Gasteiger charge is -2.18. The number of carbonyl (C=O) groups excluding carboxylic acids is 1. The van der Waals surface area contributed by atoms with Crippen LogP contribution >= 0.6 is 11.3 Å². The van der Waals surface area contributed by atoms with Gasteiger partial charge in [0.1, 0.15) is 18.1 Å². The number of nitrogens with one attached hydrogen (secondary N) is 1. The molecule has 1 aromatic carbocycles. The Morgan fingerprint density at radius 2 is 1.91 bits per heavy atom. The molecule has 0 unspecified atom stereocenters. The van der Waals surface area contributed by atoms with Gasteiger partial charge in [0.05, 0.1) is 15.6 Å². The van der Waals surface area contributed by atoms with Crippen molar-refractivity contribution in [3.05, 3.63) is 33.8 Å². The summed E-state index contributed by atoms with van der Waals surface area (Å²) in [5.74, 6) is 0.134. The van der Waals surface area contributed by atoms with E-state index in [4.69, 9.17) is 9.47 Å². The van der Waals surface area contributed by atoms with E-state index >= 15 is 0 Å². The molecule has 0 fully saturated rings. The molecular weight excluding hydrogens is 340 g/mol. The third-order valence-electron chi connectivity index (χ3n) is 3.16. The number of carbonyl (C=O) groups is 1. The lowest BCUT2D eigenvalue weighted by molar-refractivity contribution is 0.0984. The van der Waals surface area contributed by atoms with Crippen LogP contribution in [0.15, 0.2) is 23.1 Å². The Hall–Kier alpha value is -2.13. The van der Waals surface area contributed by atoms with Gasteiger partial charge in [-0.15, -0.1) is 11.3 Å². The van der Waals surface area contributed by atoms with Crippen molar-refractivity contribution in [3.63, 3.8) is 0 Å². The van der Waals surface area contributed by atoms with Crippen molar-refractivity contribution in [2.24, 2.45) is 0 Å². The van der Waals surface area contributed by atoms with Gasteiger partial charge < -0.3 is 9.47 Å². The monoisotopic (exact) mass is 354 g/mol. The van der Waals surface area contributed by atoms with Crippen molar-refractivity contribution in [1.82, 2.24) is 9.71 Å². The summed E-state index contributed by atoms with van der Waals surface area (Å²) in [5.41, 5.74) is 0.502. The van der Waals surface area contributed by atoms with Gasteiger partial charge in [0.2, 0.25) is 0 Å². The van der Waals surface area contributed by atoms with Gasteiger partial charge in [-0.05, 0) is 26.0 Å². The second kappa shape index (κ2) is 5.82. The molecule has 2 heterocycles. The van der Waals surface area contributed by atoms with Gasteiger partial charge in [0.15, 0.2) is 11.5 Å². The Labute approximate surface area is 137 Å². The molecule has 0 bridgehead atoms. The van der Waals surface area contributed by atoms with Crippen molar-refractivity contribution in [3.8, 4) is 11.5 Å². The predicted molar refractivity (Wildman–Crippen MR) is 83.7 cm³/mol. The molecule has 1 aliphatic heterocycles. The van der Waals surface area contributed by atoms with Crippen molar-refractivity contribution in [2.45, 2.75) is 18.7 Å². The van der Waals surface area contributed by atoms with Gasteiger partial charge in [0.25, 0.3) is 15.9 Å². The van der Waals surface area contributed by atoms with Crippen LogP contribution in [0.25, 0.3) is 0 Å². The maximum Gasteiger partial charge on any atom is 0.276 e. The molecule has 122 valence electrons. The molecule has 1 aromatic heterocycles. The molecule has 3 rings (SSSR count). The number of aromatic nitrogens is 1. The highest BCUT2D eigenvalue weighted by molar-refractivity contribution is 7.90. The summed E-state index contributed by atoms with van der Waals surface area (Å²) in [6.07, 6.45) is 0. The van der Waals surface area contributed by atoms with E-state index < -0.39 is 15.9 Å². The fraction of sp³-hybridized carbons (Fsp3) is 0.286.